The summed E-state index contributed by atoms with van der Waals surface area (Å²) in [5, 5.41) is 0. The highest BCUT2D eigenvalue weighted by Crippen LogP contribution is 2.70. The minimum atomic E-state index is 0.514. The summed E-state index contributed by atoms with van der Waals surface area (Å²) in [5.74, 6) is 2.08. The van der Waals surface area contributed by atoms with Crippen molar-refractivity contribution in [2.45, 2.75) is 33.1 Å². The Labute approximate surface area is 80.2 Å². The van der Waals surface area contributed by atoms with Gasteiger partial charge in [-0.2, -0.15) is 0 Å². The van der Waals surface area contributed by atoms with Crippen molar-refractivity contribution < 1.29 is 4.79 Å². The number of allylic oxidation sites excluding steroid dienone is 1. The van der Waals surface area contributed by atoms with Gasteiger partial charge in [-0.1, -0.05) is 20.4 Å². The van der Waals surface area contributed by atoms with Crippen LogP contribution in [0, 0.1) is 23.2 Å². The number of carbonyl (C=O) groups excluding carboxylic acids is 1. The van der Waals surface area contributed by atoms with Crippen LogP contribution in [0.15, 0.2) is 12.2 Å². The second-order valence-electron chi connectivity index (χ2n) is 5.04. The summed E-state index contributed by atoms with van der Waals surface area (Å²) in [5.41, 5.74) is 1.43. The molecule has 0 amide bonds. The number of fused-ring (bicyclic) bond motifs is 1. The van der Waals surface area contributed by atoms with Crippen LogP contribution < -0.4 is 0 Å². The van der Waals surface area contributed by atoms with Crippen molar-refractivity contribution in [3.63, 3.8) is 0 Å². The van der Waals surface area contributed by atoms with Crippen molar-refractivity contribution in [2.75, 3.05) is 0 Å². The molecule has 2 rings (SSSR count). The summed E-state index contributed by atoms with van der Waals surface area (Å²) in [7, 11) is 0. The zero-order valence-electron chi connectivity index (χ0n) is 8.55. The Hall–Kier alpha value is -0.590. The van der Waals surface area contributed by atoms with E-state index in [9.17, 15) is 4.79 Å². The second-order valence-corrected chi connectivity index (χ2v) is 5.04. The van der Waals surface area contributed by atoms with Crippen LogP contribution in [0.1, 0.15) is 33.1 Å². The van der Waals surface area contributed by atoms with Crippen molar-refractivity contribution in [3.8, 4) is 0 Å². The average molecular weight is 178 g/mol. The third-order valence-electron chi connectivity index (χ3n) is 4.36. The molecule has 2 saturated carbocycles. The molecule has 0 bridgehead atoms. The van der Waals surface area contributed by atoms with Crippen LogP contribution in [0.25, 0.3) is 0 Å². The van der Waals surface area contributed by atoms with E-state index in [-0.39, 0.29) is 0 Å². The van der Waals surface area contributed by atoms with E-state index in [1.165, 1.54) is 19.3 Å². The molecule has 1 heteroatoms. The summed E-state index contributed by atoms with van der Waals surface area (Å²) in [4.78, 5) is 10.6. The van der Waals surface area contributed by atoms with Gasteiger partial charge in [-0.15, -0.1) is 0 Å². The molecule has 13 heavy (non-hydrogen) atoms. The van der Waals surface area contributed by atoms with Crippen molar-refractivity contribution >= 4 is 6.29 Å². The fourth-order valence-corrected chi connectivity index (χ4v) is 3.29. The Morgan fingerprint density at radius 2 is 2.31 bits per heavy atom. The minimum absolute atomic E-state index is 0.514. The van der Waals surface area contributed by atoms with Gasteiger partial charge < -0.3 is 0 Å². The largest absolute Gasteiger partial charge is 0.298 e. The molecule has 3 atom stereocenters. The van der Waals surface area contributed by atoms with Gasteiger partial charge >= 0.3 is 0 Å². The minimum Gasteiger partial charge on any atom is -0.298 e. The average Bonchev–Trinajstić information content (AvgIpc) is 2.73. The summed E-state index contributed by atoms with van der Waals surface area (Å²) >= 11 is 0. The van der Waals surface area contributed by atoms with E-state index in [1.807, 2.05) is 0 Å². The predicted molar refractivity (Wildman–Crippen MR) is 53.3 cm³/mol. The molecular weight excluding hydrogens is 160 g/mol. The monoisotopic (exact) mass is 178 g/mol. The van der Waals surface area contributed by atoms with Crippen LogP contribution in [0.3, 0.4) is 0 Å². The first kappa shape index (κ1) is 8.98. The molecule has 0 heterocycles. The van der Waals surface area contributed by atoms with Crippen LogP contribution >= 0.6 is 0 Å². The zero-order chi connectivity index (χ0) is 9.64. The zero-order valence-corrected chi connectivity index (χ0v) is 8.55. The second kappa shape index (κ2) is 2.70. The fraction of sp³-hybridized carbons (Fsp3) is 0.750. The van der Waals surface area contributed by atoms with Gasteiger partial charge in [0.2, 0.25) is 0 Å². The van der Waals surface area contributed by atoms with Gasteiger partial charge in [-0.05, 0) is 48.0 Å². The molecular formula is C12H18O. The molecule has 0 aromatic carbocycles. The van der Waals surface area contributed by atoms with Gasteiger partial charge in [0.05, 0.1) is 0 Å². The first-order chi connectivity index (χ1) is 6.12. The first-order valence-corrected chi connectivity index (χ1v) is 5.26. The Balaban J connectivity index is 2.09. The highest BCUT2D eigenvalue weighted by atomic mass is 16.1. The summed E-state index contributed by atoms with van der Waals surface area (Å²) < 4.78 is 0. The summed E-state index contributed by atoms with van der Waals surface area (Å²) in [6.07, 6.45) is 4.80. The lowest BCUT2D eigenvalue weighted by Crippen LogP contribution is -2.08. The van der Waals surface area contributed by atoms with E-state index in [0.29, 0.717) is 11.3 Å². The predicted octanol–water partition coefficient (Wildman–Crippen LogP) is 2.81. The van der Waals surface area contributed by atoms with E-state index in [1.54, 1.807) is 0 Å². The lowest BCUT2D eigenvalue weighted by atomic mass is 9.90. The van der Waals surface area contributed by atoms with Gasteiger partial charge in [0, 0.05) is 0 Å². The van der Waals surface area contributed by atoms with Gasteiger partial charge in [0.1, 0.15) is 6.29 Å². The van der Waals surface area contributed by atoms with Gasteiger partial charge in [-0.25, -0.2) is 0 Å². The fourth-order valence-electron chi connectivity index (χ4n) is 3.29. The Morgan fingerprint density at radius 3 is 2.69 bits per heavy atom. The normalized spacial score (nSPS) is 41.8. The lowest BCUT2D eigenvalue weighted by molar-refractivity contribution is -0.105. The highest BCUT2D eigenvalue weighted by Gasteiger charge is 2.62. The smallest absolute Gasteiger partial charge is 0.145 e. The Kier molecular flexibility index (Phi) is 1.86. The number of hydrogen-bond donors (Lipinski definition) is 0. The van der Waals surface area contributed by atoms with Crippen molar-refractivity contribution in [1.29, 1.82) is 0 Å². The first-order valence-electron chi connectivity index (χ1n) is 5.26. The molecule has 0 aromatic heterocycles. The molecule has 1 nitrogen and oxygen atoms in total. The molecule has 0 aliphatic heterocycles. The molecule has 2 fully saturated rings. The Bertz CT molecular complexity index is 254. The van der Waals surface area contributed by atoms with Crippen LogP contribution in [-0.2, 0) is 4.79 Å². The molecule has 0 N–H and O–H groups in total. The van der Waals surface area contributed by atoms with Gasteiger partial charge in [-0.3, -0.25) is 4.79 Å². The molecule has 72 valence electrons. The molecule has 0 radical (unpaired) electrons. The van der Waals surface area contributed by atoms with Gasteiger partial charge in [0.25, 0.3) is 0 Å². The molecule has 0 spiro atoms. The Morgan fingerprint density at radius 1 is 1.62 bits per heavy atom. The van der Waals surface area contributed by atoms with Crippen LogP contribution in [0.5, 0.6) is 0 Å². The van der Waals surface area contributed by atoms with Crippen molar-refractivity contribution in [2.24, 2.45) is 23.2 Å². The topological polar surface area (TPSA) is 17.1 Å². The van der Waals surface area contributed by atoms with Crippen LogP contribution in [0.2, 0.25) is 0 Å². The lowest BCUT2D eigenvalue weighted by Gasteiger charge is -2.15. The number of aldehydes is 1. The number of hydrogen-bond acceptors (Lipinski definition) is 1. The number of carbonyl (C=O) groups is 1. The van der Waals surface area contributed by atoms with Crippen molar-refractivity contribution in [1.82, 2.24) is 0 Å². The molecule has 2 aliphatic carbocycles. The van der Waals surface area contributed by atoms with E-state index >= 15 is 0 Å². The molecule has 3 unspecified atom stereocenters. The SMILES string of the molecule is C=C(C=O)C1CCC2(C(C)C)CC12. The molecule has 0 saturated heterocycles. The van der Waals surface area contributed by atoms with Crippen LogP contribution in [0.4, 0.5) is 0 Å². The summed E-state index contributed by atoms with van der Waals surface area (Å²) in [6, 6.07) is 0. The molecule has 0 aromatic rings. The van der Waals surface area contributed by atoms with E-state index < -0.39 is 0 Å². The third kappa shape index (κ3) is 1.09. The maximum absolute atomic E-state index is 10.6. The maximum atomic E-state index is 10.6. The molecule has 2 aliphatic rings. The van der Waals surface area contributed by atoms with E-state index in [4.69, 9.17) is 0 Å². The van der Waals surface area contributed by atoms with Gasteiger partial charge in [0.15, 0.2) is 0 Å². The number of rotatable bonds is 3. The third-order valence-corrected chi connectivity index (χ3v) is 4.36. The van der Waals surface area contributed by atoms with E-state index in [0.717, 1.165) is 23.7 Å². The van der Waals surface area contributed by atoms with Crippen LogP contribution in [-0.4, -0.2) is 6.29 Å². The van der Waals surface area contributed by atoms with Crippen molar-refractivity contribution in [3.05, 3.63) is 12.2 Å². The highest BCUT2D eigenvalue weighted by molar-refractivity contribution is 5.73. The quantitative estimate of drug-likeness (QED) is 0.480. The summed E-state index contributed by atoms with van der Waals surface area (Å²) in [6.45, 7) is 8.48. The standard InChI is InChI=1S/C12H18O/c1-8(2)12-5-4-10(9(3)7-13)11(12)6-12/h7-8,10-11H,3-6H2,1-2H3. The van der Waals surface area contributed by atoms with E-state index in [2.05, 4.69) is 20.4 Å². The maximum Gasteiger partial charge on any atom is 0.145 e.